The van der Waals surface area contributed by atoms with Crippen molar-refractivity contribution >= 4 is 11.6 Å². The zero-order valence-electron chi connectivity index (χ0n) is 9.02. The van der Waals surface area contributed by atoms with E-state index in [0.29, 0.717) is 0 Å². The second-order valence-electron chi connectivity index (χ2n) is 3.19. The van der Waals surface area contributed by atoms with Crippen molar-refractivity contribution in [2.45, 2.75) is 0 Å². The van der Waals surface area contributed by atoms with E-state index in [2.05, 4.69) is 20.1 Å². The standard InChI is InChI=1S/C8H7N7O2/c1-15(2)7-5(16)3-4(11-13-9)8(17)6(7)12-14-10/h3H,1-2H3. The minimum Gasteiger partial charge on any atom is -0.374 e. The fourth-order valence-corrected chi connectivity index (χ4v) is 1.30. The average Bonchev–Trinajstić information content (AvgIpc) is 2.25. The first kappa shape index (κ1) is 12.3. The molecule has 86 valence electrons. The largest absolute Gasteiger partial charge is 0.374 e. The number of azide groups is 2. The van der Waals surface area contributed by atoms with Crippen LogP contribution in [0.25, 0.3) is 20.9 Å². The monoisotopic (exact) mass is 233 g/mol. The first-order valence-corrected chi connectivity index (χ1v) is 4.35. The third-order valence-electron chi connectivity index (χ3n) is 1.92. The molecule has 9 nitrogen and oxygen atoms in total. The highest BCUT2D eigenvalue weighted by Gasteiger charge is 2.28. The van der Waals surface area contributed by atoms with E-state index in [4.69, 9.17) is 11.1 Å². The molecule has 0 amide bonds. The van der Waals surface area contributed by atoms with E-state index >= 15 is 0 Å². The summed E-state index contributed by atoms with van der Waals surface area (Å²) in [7, 11) is 3.06. The van der Waals surface area contributed by atoms with Gasteiger partial charge in [-0.05, 0) is 11.1 Å². The normalized spacial score (nSPS) is 14.8. The van der Waals surface area contributed by atoms with Gasteiger partial charge in [0.1, 0.15) is 5.70 Å². The van der Waals surface area contributed by atoms with Crippen molar-refractivity contribution in [3.05, 3.63) is 44.1 Å². The van der Waals surface area contributed by atoms with Crippen LogP contribution < -0.4 is 0 Å². The minimum atomic E-state index is -0.774. The van der Waals surface area contributed by atoms with E-state index in [-0.39, 0.29) is 17.1 Å². The Labute approximate surface area is 95.3 Å². The number of ketones is 2. The molecule has 0 aromatic heterocycles. The van der Waals surface area contributed by atoms with E-state index < -0.39 is 11.6 Å². The van der Waals surface area contributed by atoms with Crippen LogP contribution in [0, 0.1) is 0 Å². The van der Waals surface area contributed by atoms with E-state index in [1.54, 1.807) is 0 Å². The van der Waals surface area contributed by atoms with Crippen molar-refractivity contribution in [2.24, 2.45) is 10.2 Å². The average molecular weight is 233 g/mol. The van der Waals surface area contributed by atoms with Crippen LogP contribution in [0.3, 0.4) is 0 Å². The molecule has 0 saturated heterocycles. The SMILES string of the molecule is CN(C)C1=C(N=[N+]=[N-])C(=O)C(N=[N+]=[N-])=CC1=O. The summed E-state index contributed by atoms with van der Waals surface area (Å²) in [4.78, 5) is 29.6. The molecule has 0 fully saturated rings. The summed E-state index contributed by atoms with van der Waals surface area (Å²) >= 11 is 0. The summed E-state index contributed by atoms with van der Waals surface area (Å²) in [6.45, 7) is 0. The van der Waals surface area contributed by atoms with Gasteiger partial charge in [-0.1, -0.05) is 10.2 Å². The van der Waals surface area contributed by atoms with Crippen molar-refractivity contribution in [1.82, 2.24) is 4.90 Å². The minimum absolute atomic E-state index is 0.0373. The van der Waals surface area contributed by atoms with Crippen molar-refractivity contribution in [3.63, 3.8) is 0 Å². The van der Waals surface area contributed by atoms with Gasteiger partial charge >= 0.3 is 0 Å². The Bertz CT molecular complexity index is 544. The maximum absolute atomic E-state index is 11.7. The Kier molecular flexibility index (Phi) is 3.51. The van der Waals surface area contributed by atoms with Crippen LogP contribution in [0.15, 0.2) is 33.4 Å². The molecule has 0 spiro atoms. The predicted molar refractivity (Wildman–Crippen MR) is 57.1 cm³/mol. The summed E-state index contributed by atoms with van der Waals surface area (Å²) in [5.74, 6) is -1.33. The Morgan fingerprint density at radius 1 is 1.18 bits per heavy atom. The van der Waals surface area contributed by atoms with Gasteiger partial charge in [-0.25, -0.2) is 0 Å². The highest BCUT2D eigenvalue weighted by atomic mass is 16.1. The van der Waals surface area contributed by atoms with Crippen LogP contribution in [0.1, 0.15) is 0 Å². The van der Waals surface area contributed by atoms with Crippen LogP contribution in [-0.2, 0) is 9.59 Å². The summed E-state index contributed by atoms with van der Waals surface area (Å²) in [5.41, 5.74) is 15.8. The van der Waals surface area contributed by atoms with Gasteiger partial charge in [0.25, 0.3) is 0 Å². The predicted octanol–water partition coefficient (Wildman–Crippen LogP) is 1.42. The van der Waals surface area contributed by atoms with Crippen LogP contribution in [-0.4, -0.2) is 30.6 Å². The Balaban J connectivity index is 3.45. The van der Waals surface area contributed by atoms with Gasteiger partial charge in [-0.3, -0.25) is 9.59 Å². The highest BCUT2D eigenvalue weighted by molar-refractivity contribution is 6.22. The topological polar surface area (TPSA) is 135 Å². The maximum Gasteiger partial charge on any atom is 0.203 e. The van der Waals surface area contributed by atoms with Crippen LogP contribution in [0.4, 0.5) is 0 Å². The van der Waals surface area contributed by atoms with Gasteiger partial charge in [-0.2, -0.15) is 0 Å². The summed E-state index contributed by atoms with van der Waals surface area (Å²) in [5, 5.41) is 6.25. The number of hydrogen-bond donors (Lipinski definition) is 0. The summed E-state index contributed by atoms with van der Waals surface area (Å²) < 4.78 is 0. The van der Waals surface area contributed by atoms with Crippen LogP contribution in [0.2, 0.25) is 0 Å². The molecule has 9 heteroatoms. The smallest absolute Gasteiger partial charge is 0.203 e. The number of likely N-dealkylation sites (N-methyl/N-ethyl adjacent to an activating group) is 1. The van der Waals surface area contributed by atoms with E-state index in [1.165, 1.54) is 19.0 Å². The van der Waals surface area contributed by atoms with E-state index in [1.807, 2.05) is 0 Å². The fraction of sp³-hybridized carbons (Fsp3) is 0.250. The van der Waals surface area contributed by atoms with Crippen molar-refractivity contribution < 1.29 is 9.59 Å². The number of carbonyl (C=O) groups excluding carboxylic acids is 2. The number of allylic oxidation sites excluding steroid dienone is 1. The molecule has 0 N–H and O–H groups in total. The van der Waals surface area contributed by atoms with Crippen molar-refractivity contribution in [3.8, 4) is 0 Å². The third-order valence-corrected chi connectivity index (χ3v) is 1.92. The number of Topliss-reactive ketones (excluding diaryl/α,β-unsaturated/α-hetero) is 1. The zero-order valence-corrected chi connectivity index (χ0v) is 9.02. The molecule has 0 bridgehead atoms. The van der Waals surface area contributed by atoms with Gasteiger partial charge in [0, 0.05) is 30.0 Å². The molecular formula is C8H7N7O2. The quantitative estimate of drug-likeness (QED) is 0.315. The molecule has 0 aromatic carbocycles. The number of hydrogen-bond acceptors (Lipinski definition) is 5. The van der Waals surface area contributed by atoms with Gasteiger partial charge in [0.15, 0.2) is 5.78 Å². The van der Waals surface area contributed by atoms with E-state index in [0.717, 1.165) is 6.08 Å². The van der Waals surface area contributed by atoms with E-state index in [9.17, 15) is 9.59 Å². The van der Waals surface area contributed by atoms with Gasteiger partial charge in [-0.15, -0.1) is 0 Å². The van der Waals surface area contributed by atoms with Crippen molar-refractivity contribution in [2.75, 3.05) is 14.1 Å². The second-order valence-corrected chi connectivity index (χ2v) is 3.19. The summed E-state index contributed by atoms with van der Waals surface area (Å²) in [6, 6.07) is 0. The zero-order chi connectivity index (χ0) is 13.0. The lowest BCUT2D eigenvalue weighted by Gasteiger charge is -2.20. The Morgan fingerprint density at radius 2 is 1.76 bits per heavy atom. The molecule has 0 heterocycles. The molecular weight excluding hydrogens is 226 g/mol. The van der Waals surface area contributed by atoms with Gasteiger partial charge < -0.3 is 4.90 Å². The first-order valence-electron chi connectivity index (χ1n) is 4.35. The summed E-state index contributed by atoms with van der Waals surface area (Å²) in [6.07, 6.45) is 0.910. The highest BCUT2D eigenvalue weighted by Crippen LogP contribution is 2.22. The third kappa shape index (κ3) is 2.25. The number of carbonyl (C=O) groups is 2. The molecule has 0 aromatic rings. The lowest BCUT2D eigenvalue weighted by atomic mass is 10.0. The Hall–Kier alpha value is -2.76. The molecule has 1 aliphatic rings. The van der Waals surface area contributed by atoms with Crippen LogP contribution in [0.5, 0.6) is 0 Å². The molecule has 0 saturated carbocycles. The van der Waals surface area contributed by atoms with Gasteiger partial charge in [0.2, 0.25) is 5.78 Å². The number of rotatable bonds is 3. The first-order chi connectivity index (χ1) is 8.02. The molecule has 17 heavy (non-hydrogen) atoms. The van der Waals surface area contributed by atoms with Gasteiger partial charge in [0.05, 0.1) is 11.4 Å². The fourth-order valence-electron chi connectivity index (χ4n) is 1.30. The molecule has 1 rings (SSSR count). The second kappa shape index (κ2) is 4.84. The molecule has 0 unspecified atom stereocenters. The Morgan fingerprint density at radius 3 is 2.24 bits per heavy atom. The molecule has 1 aliphatic carbocycles. The number of nitrogens with zero attached hydrogens (tertiary/aromatic N) is 7. The molecule has 0 aliphatic heterocycles. The van der Waals surface area contributed by atoms with Crippen LogP contribution >= 0.6 is 0 Å². The lowest BCUT2D eigenvalue weighted by Crippen LogP contribution is -2.26. The molecule has 0 radical (unpaired) electrons. The lowest BCUT2D eigenvalue weighted by molar-refractivity contribution is -0.116. The van der Waals surface area contributed by atoms with Crippen molar-refractivity contribution in [1.29, 1.82) is 0 Å². The molecule has 0 atom stereocenters. The maximum atomic E-state index is 11.7.